The number of rotatable bonds is 5. The van der Waals surface area contributed by atoms with E-state index in [9.17, 15) is 23.7 Å². The monoisotopic (exact) mass is 278 g/mol. The standard InChI is InChI=1S/C10H9ClF2N2O3/c11-5-1-2-8(16)14-10-7(15(17)18)4-3-6(12)9(10)13/h3-4H,1-2,5H2,(H,14,16). The molecule has 98 valence electrons. The summed E-state index contributed by atoms with van der Waals surface area (Å²) in [5.41, 5.74) is -1.47. The van der Waals surface area contributed by atoms with Gasteiger partial charge in [0, 0.05) is 18.4 Å². The lowest BCUT2D eigenvalue weighted by molar-refractivity contribution is -0.384. The van der Waals surface area contributed by atoms with Crippen LogP contribution in [0.25, 0.3) is 0 Å². The van der Waals surface area contributed by atoms with Crippen molar-refractivity contribution in [2.45, 2.75) is 12.8 Å². The molecule has 8 heteroatoms. The number of nitrogens with zero attached hydrogens (tertiary/aromatic N) is 1. The summed E-state index contributed by atoms with van der Waals surface area (Å²) < 4.78 is 26.3. The molecule has 5 nitrogen and oxygen atoms in total. The third-order valence-corrected chi connectivity index (χ3v) is 2.34. The molecule has 0 aliphatic heterocycles. The molecule has 0 heterocycles. The van der Waals surface area contributed by atoms with Gasteiger partial charge in [-0.1, -0.05) is 0 Å². The number of carbonyl (C=O) groups is 1. The highest BCUT2D eigenvalue weighted by Gasteiger charge is 2.23. The van der Waals surface area contributed by atoms with E-state index in [0.717, 1.165) is 6.07 Å². The van der Waals surface area contributed by atoms with Gasteiger partial charge in [0.15, 0.2) is 17.3 Å². The molecule has 0 saturated carbocycles. The smallest absolute Gasteiger partial charge is 0.296 e. The summed E-state index contributed by atoms with van der Waals surface area (Å²) >= 11 is 5.36. The van der Waals surface area contributed by atoms with Gasteiger partial charge in [-0.15, -0.1) is 11.6 Å². The second kappa shape index (κ2) is 6.25. The van der Waals surface area contributed by atoms with Crippen LogP contribution in [0.2, 0.25) is 0 Å². The number of nitrogens with one attached hydrogen (secondary N) is 1. The first-order chi connectivity index (χ1) is 8.47. The first kappa shape index (κ1) is 14.3. The van der Waals surface area contributed by atoms with E-state index in [2.05, 4.69) is 0 Å². The molecule has 0 aromatic heterocycles. The summed E-state index contributed by atoms with van der Waals surface area (Å²) in [7, 11) is 0. The second-order valence-corrected chi connectivity index (χ2v) is 3.73. The van der Waals surface area contributed by atoms with Crippen molar-refractivity contribution in [2.24, 2.45) is 0 Å². The number of amides is 1. The molecule has 0 fully saturated rings. The summed E-state index contributed by atoms with van der Waals surface area (Å²) in [5, 5.41) is 12.6. The van der Waals surface area contributed by atoms with Crippen LogP contribution in [0.1, 0.15) is 12.8 Å². The van der Waals surface area contributed by atoms with Gasteiger partial charge >= 0.3 is 0 Å². The van der Waals surface area contributed by atoms with Crippen LogP contribution in [0, 0.1) is 21.7 Å². The lowest BCUT2D eigenvalue weighted by Crippen LogP contribution is -2.14. The van der Waals surface area contributed by atoms with Gasteiger partial charge in [0.1, 0.15) is 0 Å². The van der Waals surface area contributed by atoms with Crippen LogP contribution in [0.15, 0.2) is 12.1 Å². The van der Waals surface area contributed by atoms with Crippen molar-refractivity contribution in [2.75, 3.05) is 11.2 Å². The fourth-order valence-electron chi connectivity index (χ4n) is 1.24. The van der Waals surface area contributed by atoms with Crippen molar-refractivity contribution in [3.05, 3.63) is 33.9 Å². The molecular formula is C10H9ClF2N2O3. The third kappa shape index (κ3) is 3.36. The Morgan fingerprint density at radius 2 is 2.11 bits per heavy atom. The van der Waals surface area contributed by atoms with Crippen LogP contribution in [-0.2, 0) is 4.79 Å². The van der Waals surface area contributed by atoms with Gasteiger partial charge in [-0.05, 0) is 12.5 Å². The predicted molar refractivity (Wildman–Crippen MR) is 61.6 cm³/mol. The number of hydrogen-bond acceptors (Lipinski definition) is 3. The lowest BCUT2D eigenvalue weighted by Gasteiger charge is -2.07. The molecule has 1 amide bonds. The molecule has 0 unspecified atom stereocenters. The molecule has 1 aromatic rings. The maximum absolute atomic E-state index is 13.4. The largest absolute Gasteiger partial charge is 0.318 e. The van der Waals surface area contributed by atoms with E-state index in [0.29, 0.717) is 12.5 Å². The molecule has 0 spiro atoms. The lowest BCUT2D eigenvalue weighted by atomic mass is 10.2. The molecule has 1 rings (SSSR count). The number of benzene rings is 1. The van der Waals surface area contributed by atoms with Gasteiger partial charge < -0.3 is 5.32 Å². The maximum atomic E-state index is 13.4. The van der Waals surface area contributed by atoms with Crippen molar-refractivity contribution >= 4 is 28.9 Å². The highest BCUT2D eigenvalue weighted by atomic mass is 35.5. The number of carbonyl (C=O) groups excluding carboxylic acids is 1. The van der Waals surface area contributed by atoms with Crippen LogP contribution in [0.4, 0.5) is 20.2 Å². The Morgan fingerprint density at radius 3 is 2.67 bits per heavy atom. The first-order valence-electron chi connectivity index (χ1n) is 4.95. The van der Waals surface area contributed by atoms with E-state index < -0.39 is 33.8 Å². The zero-order chi connectivity index (χ0) is 13.7. The molecule has 18 heavy (non-hydrogen) atoms. The van der Waals surface area contributed by atoms with E-state index in [1.165, 1.54) is 0 Å². The quantitative estimate of drug-likeness (QED) is 0.511. The van der Waals surface area contributed by atoms with E-state index in [-0.39, 0.29) is 12.3 Å². The average Bonchev–Trinajstić information content (AvgIpc) is 2.32. The molecule has 1 N–H and O–H groups in total. The molecular weight excluding hydrogens is 270 g/mol. The van der Waals surface area contributed by atoms with Crippen molar-refractivity contribution < 1.29 is 18.5 Å². The molecule has 0 radical (unpaired) electrons. The van der Waals surface area contributed by atoms with Crippen LogP contribution < -0.4 is 5.32 Å². The molecule has 0 saturated heterocycles. The summed E-state index contributed by atoms with van der Waals surface area (Å²) in [6.07, 6.45) is 0.300. The molecule has 0 bridgehead atoms. The zero-order valence-corrected chi connectivity index (χ0v) is 9.84. The molecule has 0 aliphatic rings. The fourth-order valence-corrected chi connectivity index (χ4v) is 1.37. The van der Waals surface area contributed by atoms with Crippen molar-refractivity contribution in [1.29, 1.82) is 0 Å². The van der Waals surface area contributed by atoms with E-state index in [1.54, 1.807) is 0 Å². The normalized spacial score (nSPS) is 10.2. The summed E-state index contributed by atoms with van der Waals surface area (Å²) in [5.74, 6) is -3.17. The van der Waals surface area contributed by atoms with Gasteiger partial charge in [0.25, 0.3) is 5.69 Å². The van der Waals surface area contributed by atoms with Crippen LogP contribution in [0.5, 0.6) is 0 Å². The zero-order valence-electron chi connectivity index (χ0n) is 9.08. The minimum atomic E-state index is -1.46. The molecule has 0 aliphatic carbocycles. The summed E-state index contributed by atoms with van der Waals surface area (Å²) in [4.78, 5) is 21.0. The number of nitro benzene ring substituents is 1. The van der Waals surface area contributed by atoms with E-state index >= 15 is 0 Å². The highest BCUT2D eigenvalue weighted by Crippen LogP contribution is 2.29. The Bertz CT molecular complexity index is 482. The predicted octanol–water partition coefficient (Wildman–Crippen LogP) is 2.83. The minimum Gasteiger partial charge on any atom is -0.318 e. The number of hydrogen-bond donors (Lipinski definition) is 1. The van der Waals surface area contributed by atoms with Crippen LogP contribution >= 0.6 is 11.6 Å². The number of anilines is 1. The van der Waals surface area contributed by atoms with E-state index in [1.807, 2.05) is 5.32 Å². The molecule has 1 aromatic carbocycles. The number of nitro groups is 1. The molecule has 0 atom stereocenters. The van der Waals surface area contributed by atoms with Gasteiger partial charge in [-0.3, -0.25) is 14.9 Å². The second-order valence-electron chi connectivity index (χ2n) is 3.35. The Kier molecular flexibility index (Phi) is 4.96. The maximum Gasteiger partial charge on any atom is 0.296 e. The third-order valence-electron chi connectivity index (χ3n) is 2.07. The summed E-state index contributed by atoms with van der Waals surface area (Å²) in [6.45, 7) is 0. The van der Waals surface area contributed by atoms with Crippen LogP contribution in [0.3, 0.4) is 0 Å². The van der Waals surface area contributed by atoms with Gasteiger partial charge in [0.2, 0.25) is 5.91 Å². The van der Waals surface area contributed by atoms with Crippen molar-refractivity contribution in [1.82, 2.24) is 0 Å². The Hall–Kier alpha value is -1.76. The van der Waals surface area contributed by atoms with Gasteiger partial charge in [0.05, 0.1) is 4.92 Å². The number of alkyl halides is 1. The Labute approximate surface area is 106 Å². The summed E-state index contributed by atoms with van der Waals surface area (Å²) in [6, 6.07) is 1.41. The van der Waals surface area contributed by atoms with E-state index in [4.69, 9.17) is 11.6 Å². The fraction of sp³-hybridized carbons (Fsp3) is 0.300. The Balaban J connectivity index is 3.02. The average molecular weight is 279 g/mol. The SMILES string of the molecule is O=C(CCCCl)Nc1c([N+](=O)[O-])ccc(F)c1F. The Morgan fingerprint density at radius 1 is 1.44 bits per heavy atom. The topological polar surface area (TPSA) is 72.2 Å². The van der Waals surface area contributed by atoms with Gasteiger partial charge in [-0.2, -0.15) is 0 Å². The minimum absolute atomic E-state index is 0.0311. The number of halogens is 3. The van der Waals surface area contributed by atoms with Crippen LogP contribution in [-0.4, -0.2) is 16.7 Å². The van der Waals surface area contributed by atoms with Crippen molar-refractivity contribution in [3.63, 3.8) is 0 Å². The van der Waals surface area contributed by atoms with Crippen molar-refractivity contribution in [3.8, 4) is 0 Å². The highest BCUT2D eigenvalue weighted by molar-refractivity contribution is 6.18. The first-order valence-corrected chi connectivity index (χ1v) is 5.49. The van der Waals surface area contributed by atoms with Gasteiger partial charge in [-0.25, -0.2) is 8.78 Å².